The van der Waals surface area contributed by atoms with E-state index in [0.29, 0.717) is 0 Å². The monoisotopic (exact) mass is 220 g/mol. The molecule has 5 nitrogen and oxygen atoms in total. The summed E-state index contributed by atoms with van der Waals surface area (Å²) in [7, 11) is 1.94. The molecule has 86 valence electrons. The molecule has 16 heavy (non-hydrogen) atoms. The molecular weight excluding hydrogens is 204 g/mol. The van der Waals surface area contributed by atoms with E-state index in [-0.39, 0.29) is 11.9 Å². The highest BCUT2D eigenvalue weighted by atomic mass is 16.2. The van der Waals surface area contributed by atoms with Gasteiger partial charge in [-0.1, -0.05) is 0 Å². The van der Waals surface area contributed by atoms with Crippen molar-refractivity contribution in [2.45, 2.75) is 32.2 Å². The minimum atomic E-state index is 0.0102. The first-order valence-corrected chi connectivity index (χ1v) is 5.79. The number of amides is 1. The van der Waals surface area contributed by atoms with E-state index in [1.54, 1.807) is 0 Å². The van der Waals surface area contributed by atoms with Gasteiger partial charge in [0.15, 0.2) is 5.82 Å². The average Bonchev–Trinajstić information content (AvgIpc) is 2.55. The van der Waals surface area contributed by atoms with E-state index in [0.717, 1.165) is 43.0 Å². The van der Waals surface area contributed by atoms with E-state index in [4.69, 9.17) is 0 Å². The first kappa shape index (κ1) is 9.69. The number of rotatable bonds is 0. The lowest BCUT2D eigenvalue weighted by Crippen LogP contribution is -2.51. The molecule has 0 spiro atoms. The van der Waals surface area contributed by atoms with Crippen LogP contribution in [-0.2, 0) is 11.8 Å². The fourth-order valence-electron chi connectivity index (χ4n) is 2.79. The third kappa shape index (κ3) is 1.17. The summed E-state index contributed by atoms with van der Waals surface area (Å²) in [4.78, 5) is 14.2. The highest BCUT2D eigenvalue weighted by molar-refractivity contribution is 6.03. The maximum Gasteiger partial charge on any atom is 0.247 e. The van der Waals surface area contributed by atoms with Crippen molar-refractivity contribution in [3.05, 3.63) is 5.69 Å². The number of nitrogens with one attached hydrogen (secondary N) is 1. The quantitative estimate of drug-likeness (QED) is 0.710. The number of hydrogen-bond donors (Lipinski definition) is 1. The predicted octanol–water partition coefficient (Wildman–Crippen LogP) is 1.04. The van der Waals surface area contributed by atoms with Gasteiger partial charge in [-0.05, 0) is 26.2 Å². The van der Waals surface area contributed by atoms with Crippen LogP contribution in [0.3, 0.4) is 0 Å². The number of fused-ring (bicyclic) bond motifs is 3. The minimum Gasteiger partial charge on any atom is -0.343 e. The smallest absolute Gasteiger partial charge is 0.247 e. The van der Waals surface area contributed by atoms with E-state index in [9.17, 15) is 4.79 Å². The van der Waals surface area contributed by atoms with Crippen molar-refractivity contribution in [2.24, 2.45) is 7.05 Å². The van der Waals surface area contributed by atoms with E-state index >= 15 is 0 Å². The lowest BCUT2D eigenvalue weighted by atomic mass is 9.99. The third-order valence-electron chi connectivity index (χ3n) is 3.52. The zero-order chi connectivity index (χ0) is 11.3. The van der Waals surface area contributed by atoms with E-state index < -0.39 is 0 Å². The molecular formula is C11H16N4O. The van der Waals surface area contributed by atoms with Crippen LogP contribution in [0.5, 0.6) is 0 Å². The number of anilines is 2. The highest BCUT2D eigenvalue weighted by Gasteiger charge is 2.37. The fourth-order valence-corrected chi connectivity index (χ4v) is 2.79. The summed E-state index contributed by atoms with van der Waals surface area (Å²) in [5, 5.41) is 7.36. The summed E-state index contributed by atoms with van der Waals surface area (Å²) in [6, 6.07) is 0.0102. The molecule has 0 aromatic carbocycles. The number of piperidine rings is 1. The Kier molecular flexibility index (Phi) is 1.96. The van der Waals surface area contributed by atoms with E-state index in [1.165, 1.54) is 0 Å². The van der Waals surface area contributed by atoms with Crippen LogP contribution in [0, 0.1) is 6.92 Å². The molecule has 1 fully saturated rings. The average molecular weight is 220 g/mol. The van der Waals surface area contributed by atoms with Crippen LogP contribution in [0.1, 0.15) is 25.0 Å². The molecule has 0 aliphatic carbocycles. The first-order chi connectivity index (χ1) is 7.68. The van der Waals surface area contributed by atoms with Crippen LogP contribution >= 0.6 is 0 Å². The SMILES string of the molecule is Cc1nn(C)c2c1NC(=O)[C@H]1CCCCN21. The molecule has 1 aromatic rings. The highest BCUT2D eigenvalue weighted by Crippen LogP contribution is 2.37. The van der Waals surface area contributed by atoms with Crippen LogP contribution in [0.15, 0.2) is 0 Å². The number of hydrogen-bond acceptors (Lipinski definition) is 3. The van der Waals surface area contributed by atoms with Crippen LogP contribution in [0.25, 0.3) is 0 Å². The standard InChI is InChI=1S/C11H16N4O/c1-7-9-11(14(2)13-7)15-6-4-3-5-8(15)10(16)12-9/h8H,3-6H2,1-2H3,(H,12,16)/t8-/m1/s1. The summed E-state index contributed by atoms with van der Waals surface area (Å²) in [5.74, 6) is 1.20. The van der Waals surface area contributed by atoms with Crippen molar-refractivity contribution < 1.29 is 4.79 Å². The van der Waals surface area contributed by atoms with Gasteiger partial charge in [0.2, 0.25) is 5.91 Å². The number of nitrogens with zero attached hydrogens (tertiary/aromatic N) is 3. The summed E-state index contributed by atoms with van der Waals surface area (Å²) in [6.45, 7) is 2.90. The van der Waals surface area contributed by atoms with E-state index in [1.807, 2.05) is 18.7 Å². The Morgan fingerprint density at radius 3 is 3.06 bits per heavy atom. The molecule has 0 saturated carbocycles. The molecule has 0 bridgehead atoms. The number of aryl methyl sites for hydroxylation is 2. The molecule has 1 amide bonds. The molecule has 1 aromatic heterocycles. The Labute approximate surface area is 94.4 Å². The number of carbonyl (C=O) groups is 1. The molecule has 0 unspecified atom stereocenters. The second-order valence-corrected chi connectivity index (χ2v) is 4.60. The summed E-state index contributed by atoms with van der Waals surface area (Å²) in [6.07, 6.45) is 3.25. The normalized spacial score (nSPS) is 23.8. The van der Waals surface area contributed by atoms with Crippen molar-refractivity contribution in [2.75, 3.05) is 16.8 Å². The summed E-state index contributed by atoms with van der Waals surface area (Å²) < 4.78 is 1.88. The molecule has 3 rings (SSSR count). The molecule has 1 atom stereocenters. The molecule has 2 aliphatic rings. The van der Waals surface area contributed by atoms with Crippen molar-refractivity contribution in [1.82, 2.24) is 9.78 Å². The van der Waals surface area contributed by atoms with Gasteiger partial charge in [-0.25, -0.2) is 0 Å². The Bertz CT molecular complexity index is 451. The maximum atomic E-state index is 12.0. The predicted molar refractivity (Wildman–Crippen MR) is 61.6 cm³/mol. The Hall–Kier alpha value is -1.52. The summed E-state index contributed by atoms with van der Waals surface area (Å²) >= 11 is 0. The Balaban J connectivity index is 2.12. The molecule has 3 heterocycles. The van der Waals surface area contributed by atoms with Crippen LogP contribution < -0.4 is 10.2 Å². The molecule has 1 N–H and O–H groups in total. The van der Waals surface area contributed by atoms with Crippen molar-refractivity contribution >= 4 is 17.4 Å². The second kappa shape index (κ2) is 3.23. The van der Waals surface area contributed by atoms with Gasteiger partial charge in [-0.2, -0.15) is 5.10 Å². The lowest BCUT2D eigenvalue weighted by molar-refractivity contribution is -0.118. The zero-order valence-corrected chi connectivity index (χ0v) is 9.66. The molecule has 5 heteroatoms. The third-order valence-corrected chi connectivity index (χ3v) is 3.52. The van der Waals surface area contributed by atoms with Crippen LogP contribution in [-0.4, -0.2) is 28.3 Å². The van der Waals surface area contributed by atoms with Gasteiger partial charge in [0, 0.05) is 13.6 Å². The van der Waals surface area contributed by atoms with Crippen molar-refractivity contribution in [3.63, 3.8) is 0 Å². The Morgan fingerprint density at radius 1 is 1.44 bits per heavy atom. The second-order valence-electron chi connectivity index (χ2n) is 4.60. The Morgan fingerprint density at radius 2 is 2.25 bits per heavy atom. The van der Waals surface area contributed by atoms with Crippen molar-refractivity contribution in [1.29, 1.82) is 0 Å². The van der Waals surface area contributed by atoms with Gasteiger partial charge in [-0.3, -0.25) is 9.48 Å². The maximum absolute atomic E-state index is 12.0. The van der Waals surface area contributed by atoms with E-state index in [2.05, 4.69) is 15.3 Å². The van der Waals surface area contributed by atoms with Gasteiger partial charge in [0.1, 0.15) is 11.7 Å². The number of aromatic nitrogens is 2. The minimum absolute atomic E-state index is 0.0102. The summed E-state index contributed by atoms with van der Waals surface area (Å²) in [5.41, 5.74) is 1.79. The van der Waals surface area contributed by atoms with Crippen LogP contribution in [0.4, 0.5) is 11.5 Å². The molecule has 2 aliphatic heterocycles. The zero-order valence-electron chi connectivity index (χ0n) is 9.66. The van der Waals surface area contributed by atoms with Gasteiger partial charge >= 0.3 is 0 Å². The van der Waals surface area contributed by atoms with Gasteiger partial charge < -0.3 is 10.2 Å². The van der Waals surface area contributed by atoms with Gasteiger partial charge in [0.25, 0.3) is 0 Å². The first-order valence-electron chi connectivity index (χ1n) is 5.79. The molecule has 1 saturated heterocycles. The largest absolute Gasteiger partial charge is 0.343 e. The van der Waals surface area contributed by atoms with Gasteiger partial charge in [-0.15, -0.1) is 0 Å². The topological polar surface area (TPSA) is 50.2 Å². The molecule has 0 radical (unpaired) electrons. The van der Waals surface area contributed by atoms with Gasteiger partial charge in [0.05, 0.1) is 5.69 Å². The van der Waals surface area contributed by atoms with Crippen molar-refractivity contribution in [3.8, 4) is 0 Å². The fraction of sp³-hybridized carbons (Fsp3) is 0.636. The van der Waals surface area contributed by atoms with Crippen LogP contribution in [0.2, 0.25) is 0 Å². The lowest BCUT2D eigenvalue weighted by Gasteiger charge is -2.39. The number of carbonyl (C=O) groups excluding carboxylic acids is 1.